The van der Waals surface area contributed by atoms with Crippen LogP contribution in [0.25, 0.3) is 0 Å². The molecule has 0 unspecified atom stereocenters. The first-order chi connectivity index (χ1) is 10.1. The number of esters is 1. The molecule has 0 aliphatic heterocycles. The van der Waals surface area contributed by atoms with E-state index in [1.165, 1.54) is 6.08 Å². The maximum absolute atomic E-state index is 11.7. The highest BCUT2D eigenvalue weighted by molar-refractivity contribution is 5.81. The van der Waals surface area contributed by atoms with Crippen molar-refractivity contribution in [3.05, 3.63) is 12.2 Å². The molecule has 0 aromatic rings. The van der Waals surface area contributed by atoms with E-state index in [9.17, 15) is 14.4 Å². The Kier molecular flexibility index (Phi) is 8.89. The molecule has 0 radical (unpaired) electrons. The molecule has 0 heterocycles. The van der Waals surface area contributed by atoms with Crippen molar-refractivity contribution in [2.24, 2.45) is 0 Å². The monoisotopic (exact) mass is 315 g/mol. The number of alkyl carbamates (subject to hydrolysis) is 1. The summed E-state index contributed by atoms with van der Waals surface area (Å²) in [5, 5.41) is 11.4. The highest BCUT2D eigenvalue weighted by Crippen LogP contribution is 2.09. The van der Waals surface area contributed by atoms with Crippen LogP contribution in [0.4, 0.5) is 4.79 Å². The number of hydrogen-bond donors (Lipinski definition) is 2. The molecule has 0 rings (SSSR count). The van der Waals surface area contributed by atoms with Gasteiger partial charge in [0, 0.05) is 12.1 Å². The van der Waals surface area contributed by atoms with Crippen molar-refractivity contribution >= 4 is 18.0 Å². The van der Waals surface area contributed by atoms with E-state index in [1.54, 1.807) is 33.8 Å². The third-order valence-corrected chi connectivity index (χ3v) is 2.36. The second-order valence-electron chi connectivity index (χ2n) is 5.67. The highest BCUT2D eigenvalue weighted by Gasteiger charge is 2.20. The standard InChI is InChI=1S/C15H25NO6/c1-5-21-13(19)9-7-6-8-11(10-12(17)18)16-14(20)22-15(2,3)4/h7,9,11H,5-6,8,10H2,1-4H3,(H,16,20)(H,17,18)/b9-7+/t11-/m0/s1. The van der Waals surface area contributed by atoms with Crippen molar-refractivity contribution in [3.63, 3.8) is 0 Å². The van der Waals surface area contributed by atoms with Crippen LogP contribution < -0.4 is 5.32 Å². The number of rotatable bonds is 8. The fraction of sp³-hybridized carbons (Fsp3) is 0.667. The van der Waals surface area contributed by atoms with Gasteiger partial charge in [-0.25, -0.2) is 9.59 Å². The fourth-order valence-corrected chi connectivity index (χ4v) is 1.58. The molecule has 7 nitrogen and oxygen atoms in total. The molecular weight excluding hydrogens is 290 g/mol. The SMILES string of the molecule is CCOC(=O)/C=C/CC[C@@H](CC(=O)O)NC(=O)OC(C)(C)C. The number of amides is 1. The summed E-state index contributed by atoms with van der Waals surface area (Å²) < 4.78 is 9.81. The van der Waals surface area contributed by atoms with E-state index in [1.807, 2.05) is 0 Å². The zero-order chi connectivity index (χ0) is 17.2. The molecule has 0 bridgehead atoms. The van der Waals surface area contributed by atoms with Gasteiger partial charge in [-0.2, -0.15) is 0 Å². The minimum atomic E-state index is -1.02. The van der Waals surface area contributed by atoms with Crippen LogP contribution in [0, 0.1) is 0 Å². The van der Waals surface area contributed by atoms with Crippen molar-refractivity contribution in [3.8, 4) is 0 Å². The molecule has 1 amide bonds. The fourth-order valence-electron chi connectivity index (χ4n) is 1.58. The molecule has 0 saturated heterocycles. The first-order valence-corrected chi connectivity index (χ1v) is 7.18. The molecule has 126 valence electrons. The topological polar surface area (TPSA) is 102 Å². The molecule has 0 aliphatic rings. The molecule has 7 heteroatoms. The average Bonchev–Trinajstić information content (AvgIpc) is 2.31. The molecule has 0 aromatic carbocycles. The first kappa shape index (κ1) is 19.9. The summed E-state index contributed by atoms with van der Waals surface area (Å²) in [6.45, 7) is 7.17. The van der Waals surface area contributed by atoms with Crippen LogP contribution in [0.15, 0.2) is 12.2 Å². The normalized spacial score (nSPS) is 12.7. The molecule has 0 fully saturated rings. The summed E-state index contributed by atoms with van der Waals surface area (Å²) >= 11 is 0. The molecular formula is C15H25NO6. The molecule has 22 heavy (non-hydrogen) atoms. The minimum Gasteiger partial charge on any atom is -0.481 e. The van der Waals surface area contributed by atoms with Crippen molar-refractivity contribution in [2.45, 2.75) is 58.6 Å². The lowest BCUT2D eigenvalue weighted by Crippen LogP contribution is -2.40. The van der Waals surface area contributed by atoms with Gasteiger partial charge in [0.2, 0.25) is 0 Å². The number of carboxylic acid groups (broad SMARTS) is 1. The Morgan fingerprint density at radius 3 is 2.41 bits per heavy atom. The highest BCUT2D eigenvalue weighted by atomic mass is 16.6. The number of ether oxygens (including phenoxy) is 2. The lowest BCUT2D eigenvalue weighted by Gasteiger charge is -2.22. The van der Waals surface area contributed by atoms with Crippen LogP contribution in [-0.2, 0) is 19.1 Å². The molecule has 0 aliphatic carbocycles. The largest absolute Gasteiger partial charge is 0.481 e. The van der Waals surface area contributed by atoms with Gasteiger partial charge in [-0.15, -0.1) is 0 Å². The number of carboxylic acids is 1. The van der Waals surface area contributed by atoms with Gasteiger partial charge in [-0.1, -0.05) is 6.08 Å². The molecule has 2 N–H and O–H groups in total. The van der Waals surface area contributed by atoms with Gasteiger partial charge >= 0.3 is 18.0 Å². The molecule has 0 spiro atoms. The maximum Gasteiger partial charge on any atom is 0.407 e. The predicted octanol–water partition coefficient (Wildman–Crippen LogP) is 2.25. The van der Waals surface area contributed by atoms with Gasteiger partial charge in [0.15, 0.2) is 0 Å². The zero-order valence-corrected chi connectivity index (χ0v) is 13.5. The van der Waals surface area contributed by atoms with Gasteiger partial charge < -0.3 is 19.9 Å². The molecule has 0 saturated carbocycles. The second kappa shape index (κ2) is 9.81. The summed E-state index contributed by atoms with van der Waals surface area (Å²) in [7, 11) is 0. The third kappa shape index (κ3) is 11.7. The number of allylic oxidation sites excluding steroid dienone is 1. The Balaban J connectivity index is 4.37. The maximum atomic E-state index is 11.7. The Hall–Kier alpha value is -2.05. The van der Waals surface area contributed by atoms with E-state index in [0.29, 0.717) is 19.4 Å². The number of hydrogen-bond acceptors (Lipinski definition) is 5. The summed E-state index contributed by atoms with van der Waals surface area (Å²) in [6, 6.07) is -0.570. The summed E-state index contributed by atoms with van der Waals surface area (Å²) in [5.41, 5.74) is -0.651. The number of aliphatic carboxylic acids is 1. The first-order valence-electron chi connectivity index (χ1n) is 7.18. The van der Waals surface area contributed by atoms with Gasteiger partial charge in [0.25, 0.3) is 0 Å². The zero-order valence-electron chi connectivity index (χ0n) is 13.5. The lowest BCUT2D eigenvalue weighted by atomic mass is 10.1. The summed E-state index contributed by atoms with van der Waals surface area (Å²) in [4.78, 5) is 33.6. The quantitative estimate of drug-likeness (QED) is 0.526. The Morgan fingerprint density at radius 1 is 1.27 bits per heavy atom. The number of nitrogens with one attached hydrogen (secondary N) is 1. The van der Waals surface area contributed by atoms with Crippen molar-refractivity contribution in [1.29, 1.82) is 0 Å². The van der Waals surface area contributed by atoms with E-state index in [2.05, 4.69) is 5.32 Å². The van der Waals surface area contributed by atoms with Gasteiger partial charge in [0.05, 0.1) is 13.0 Å². The Bertz CT molecular complexity index is 411. The number of carbonyl (C=O) groups is 3. The van der Waals surface area contributed by atoms with Crippen molar-refractivity contribution < 1.29 is 29.0 Å². The second-order valence-corrected chi connectivity index (χ2v) is 5.67. The van der Waals surface area contributed by atoms with Gasteiger partial charge in [0.1, 0.15) is 5.60 Å². The Morgan fingerprint density at radius 2 is 1.91 bits per heavy atom. The van der Waals surface area contributed by atoms with Crippen LogP contribution in [0.1, 0.15) is 47.0 Å². The van der Waals surface area contributed by atoms with Crippen LogP contribution in [-0.4, -0.2) is 41.4 Å². The number of carbonyl (C=O) groups excluding carboxylic acids is 2. The van der Waals surface area contributed by atoms with Gasteiger partial charge in [-0.05, 0) is 40.5 Å². The van der Waals surface area contributed by atoms with Crippen LogP contribution in [0.2, 0.25) is 0 Å². The van der Waals surface area contributed by atoms with Crippen LogP contribution >= 0.6 is 0 Å². The molecule has 1 atom stereocenters. The van der Waals surface area contributed by atoms with Gasteiger partial charge in [-0.3, -0.25) is 4.79 Å². The summed E-state index contributed by atoms with van der Waals surface area (Å²) in [5.74, 6) is -1.46. The van der Waals surface area contributed by atoms with Crippen molar-refractivity contribution in [1.82, 2.24) is 5.32 Å². The van der Waals surface area contributed by atoms with Crippen LogP contribution in [0.5, 0.6) is 0 Å². The minimum absolute atomic E-state index is 0.216. The summed E-state index contributed by atoms with van der Waals surface area (Å²) in [6.07, 6.45) is 2.81. The van der Waals surface area contributed by atoms with E-state index >= 15 is 0 Å². The van der Waals surface area contributed by atoms with E-state index < -0.39 is 29.7 Å². The molecule has 0 aromatic heterocycles. The lowest BCUT2D eigenvalue weighted by molar-refractivity contribution is -0.138. The predicted molar refractivity (Wildman–Crippen MR) is 80.4 cm³/mol. The average molecular weight is 315 g/mol. The third-order valence-electron chi connectivity index (χ3n) is 2.36. The van der Waals surface area contributed by atoms with E-state index in [-0.39, 0.29) is 6.42 Å². The smallest absolute Gasteiger partial charge is 0.407 e. The van der Waals surface area contributed by atoms with E-state index in [4.69, 9.17) is 14.6 Å². The van der Waals surface area contributed by atoms with E-state index in [0.717, 1.165) is 0 Å². The van der Waals surface area contributed by atoms with Crippen molar-refractivity contribution in [2.75, 3.05) is 6.61 Å². The Labute approximate surface area is 130 Å². The van der Waals surface area contributed by atoms with Crippen LogP contribution in [0.3, 0.4) is 0 Å².